The lowest BCUT2D eigenvalue weighted by Gasteiger charge is -2.05. The van der Waals surface area contributed by atoms with Gasteiger partial charge in [0.2, 0.25) is 0 Å². The summed E-state index contributed by atoms with van der Waals surface area (Å²) in [5, 5.41) is 7.68. The first-order chi connectivity index (χ1) is 10.9. The van der Waals surface area contributed by atoms with Crippen LogP contribution in [0.1, 0.15) is 12.8 Å². The van der Waals surface area contributed by atoms with E-state index in [1.165, 1.54) is 12.8 Å². The van der Waals surface area contributed by atoms with Gasteiger partial charge in [-0.15, -0.1) is 0 Å². The number of nitrogens with zero attached hydrogens (tertiary/aromatic N) is 4. The van der Waals surface area contributed by atoms with Crippen LogP contribution >= 0.6 is 0 Å². The van der Waals surface area contributed by atoms with Crippen LogP contribution in [0.15, 0.2) is 55.0 Å². The number of nitrogens with one attached hydrogen (secondary N) is 1. The zero-order valence-electron chi connectivity index (χ0n) is 12.2. The quantitative estimate of drug-likeness (QED) is 0.781. The number of aromatic nitrogens is 4. The van der Waals surface area contributed by atoms with Crippen molar-refractivity contribution in [2.75, 3.05) is 5.32 Å². The maximum absolute atomic E-state index is 4.56. The predicted molar refractivity (Wildman–Crippen MR) is 85.7 cm³/mol. The van der Waals surface area contributed by atoms with Gasteiger partial charge in [0, 0.05) is 24.5 Å². The summed E-state index contributed by atoms with van der Waals surface area (Å²) < 4.78 is 2.00. The first-order valence-corrected chi connectivity index (χ1v) is 7.55. The Kier molecular flexibility index (Phi) is 3.31. The molecule has 3 aromatic rings. The molecule has 1 aliphatic rings. The third-order valence-corrected chi connectivity index (χ3v) is 3.74. The maximum Gasteiger partial charge on any atom is 0.161 e. The Labute approximate surface area is 129 Å². The summed E-state index contributed by atoms with van der Waals surface area (Å²) >= 11 is 0. The second kappa shape index (κ2) is 5.60. The highest BCUT2D eigenvalue weighted by Gasteiger charge is 2.21. The minimum absolute atomic E-state index is 0.718. The summed E-state index contributed by atoms with van der Waals surface area (Å²) in [6.45, 7) is 1.01. The van der Waals surface area contributed by atoms with E-state index >= 15 is 0 Å². The molecule has 1 aliphatic carbocycles. The lowest BCUT2D eigenvalue weighted by atomic mass is 10.2. The molecule has 1 aromatic carbocycles. The van der Waals surface area contributed by atoms with Crippen molar-refractivity contribution in [2.24, 2.45) is 5.92 Å². The van der Waals surface area contributed by atoms with E-state index in [1.54, 1.807) is 6.20 Å². The molecule has 0 saturated heterocycles. The van der Waals surface area contributed by atoms with Crippen molar-refractivity contribution in [1.29, 1.82) is 0 Å². The molecule has 0 radical (unpaired) electrons. The summed E-state index contributed by atoms with van der Waals surface area (Å²) in [5.41, 5.74) is 1.97. The molecule has 0 spiro atoms. The molecule has 0 bridgehead atoms. The fraction of sp³-hybridized carbons (Fsp3) is 0.235. The van der Waals surface area contributed by atoms with Crippen molar-refractivity contribution in [3.63, 3.8) is 0 Å². The minimum atomic E-state index is 0.718. The summed E-state index contributed by atoms with van der Waals surface area (Å²) in [6.07, 6.45) is 8.30. The molecule has 5 nitrogen and oxygen atoms in total. The van der Waals surface area contributed by atoms with Crippen LogP contribution < -0.4 is 5.32 Å². The van der Waals surface area contributed by atoms with Crippen molar-refractivity contribution in [2.45, 2.75) is 19.4 Å². The van der Waals surface area contributed by atoms with E-state index in [0.29, 0.717) is 0 Å². The fourth-order valence-corrected chi connectivity index (χ4v) is 2.40. The van der Waals surface area contributed by atoms with Gasteiger partial charge >= 0.3 is 0 Å². The van der Waals surface area contributed by atoms with Crippen molar-refractivity contribution in [1.82, 2.24) is 19.7 Å². The molecule has 2 heterocycles. The zero-order chi connectivity index (χ0) is 14.8. The highest BCUT2D eigenvalue weighted by Crippen LogP contribution is 2.30. The lowest BCUT2D eigenvalue weighted by molar-refractivity contribution is 0.563. The van der Waals surface area contributed by atoms with Gasteiger partial charge in [0.25, 0.3) is 0 Å². The molecule has 0 amide bonds. The van der Waals surface area contributed by atoms with Gasteiger partial charge in [0.15, 0.2) is 5.82 Å². The normalized spacial score (nSPS) is 14.0. The molecular formula is C17H17N5. The first-order valence-electron chi connectivity index (χ1n) is 7.55. The second-order valence-electron chi connectivity index (χ2n) is 5.65. The fourth-order valence-electron chi connectivity index (χ4n) is 2.40. The van der Waals surface area contributed by atoms with Crippen LogP contribution in [-0.2, 0) is 6.54 Å². The van der Waals surface area contributed by atoms with Gasteiger partial charge < -0.3 is 5.32 Å². The van der Waals surface area contributed by atoms with Gasteiger partial charge in [-0.2, -0.15) is 5.10 Å². The zero-order valence-corrected chi connectivity index (χ0v) is 12.2. The topological polar surface area (TPSA) is 55.6 Å². The molecule has 4 rings (SSSR count). The van der Waals surface area contributed by atoms with Crippen LogP contribution in [-0.4, -0.2) is 19.7 Å². The summed E-state index contributed by atoms with van der Waals surface area (Å²) in [4.78, 5) is 8.89. The van der Waals surface area contributed by atoms with Gasteiger partial charge in [0.1, 0.15) is 5.82 Å². The third kappa shape index (κ3) is 2.98. The van der Waals surface area contributed by atoms with Crippen LogP contribution in [0, 0.1) is 5.92 Å². The molecule has 22 heavy (non-hydrogen) atoms. The Balaban J connectivity index is 1.51. The Morgan fingerprint density at radius 3 is 2.82 bits per heavy atom. The molecular weight excluding hydrogens is 274 g/mol. The molecule has 5 heteroatoms. The van der Waals surface area contributed by atoms with Crippen molar-refractivity contribution < 1.29 is 0 Å². The SMILES string of the molecule is c1ccc(-c2nccc(Nc3cnn(CC4CC4)c3)n2)cc1. The largest absolute Gasteiger partial charge is 0.338 e. The van der Waals surface area contributed by atoms with Gasteiger partial charge in [-0.3, -0.25) is 4.68 Å². The van der Waals surface area contributed by atoms with Crippen LogP contribution in [0.25, 0.3) is 11.4 Å². The maximum atomic E-state index is 4.56. The Bertz CT molecular complexity index is 761. The lowest BCUT2D eigenvalue weighted by Crippen LogP contribution is -1.99. The van der Waals surface area contributed by atoms with Crippen molar-refractivity contribution in [3.05, 3.63) is 55.0 Å². The minimum Gasteiger partial charge on any atom is -0.338 e. The van der Waals surface area contributed by atoms with Crippen LogP contribution in [0.3, 0.4) is 0 Å². The monoisotopic (exact) mass is 291 g/mol. The number of rotatable bonds is 5. The summed E-state index contributed by atoms with van der Waals surface area (Å²) in [5.74, 6) is 2.31. The van der Waals surface area contributed by atoms with Crippen molar-refractivity contribution >= 4 is 11.5 Å². The Hall–Kier alpha value is -2.69. The first kappa shape index (κ1) is 13.0. The van der Waals surface area contributed by atoms with Crippen LogP contribution in [0.4, 0.5) is 11.5 Å². The number of benzene rings is 1. The Morgan fingerprint density at radius 1 is 1.14 bits per heavy atom. The molecule has 1 N–H and O–H groups in total. The van der Waals surface area contributed by atoms with Crippen LogP contribution in [0.2, 0.25) is 0 Å². The molecule has 0 unspecified atom stereocenters. The van der Waals surface area contributed by atoms with Crippen molar-refractivity contribution in [3.8, 4) is 11.4 Å². The van der Waals surface area contributed by atoms with E-state index in [9.17, 15) is 0 Å². The standard InChI is InChI=1S/C17H17N5/c1-2-4-14(5-3-1)17-18-9-8-16(21-17)20-15-10-19-22(12-15)11-13-6-7-13/h1-5,8-10,12-13H,6-7,11H2,(H,18,20,21). The van der Waals surface area contributed by atoms with E-state index in [4.69, 9.17) is 0 Å². The van der Waals surface area contributed by atoms with E-state index < -0.39 is 0 Å². The van der Waals surface area contributed by atoms with Crippen LogP contribution in [0.5, 0.6) is 0 Å². The number of hydrogen-bond acceptors (Lipinski definition) is 4. The molecule has 1 fully saturated rings. The van der Waals surface area contributed by atoms with E-state index in [0.717, 1.165) is 35.4 Å². The Morgan fingerprint density at radius 2 is 2.00 bits per heavy atom. The smallest absolute Gasteiger partial charge is 0.161 e. The third-order valence-electron chi connectivity index (χ3n) is 3.74. The van der Waals surface area contributed by atoms with Gasteiger partial charge in [-0.1, -0.05) is 30.3 Å². The predicted octanol–water partition coefficient (Wildman–Crippen LogP) is 3.49. The molecule has 2 aromatic heterocycles. The second-order valence-corrected chi connectivity index (χ2v) is 5.65. The van der Waals surface area contributed by atoms with E-state index in [2.05, 4.69) is 20.4 Å². The van der Waals surface area contributed by atoms with E-state index in [-0.39, 0.29) is 0 Å². The highest BCUT2D eigenvalue weighted by atomic mass is 15.3. The average Bonchev–Trinajstić information content (AvgIpc) is 3.27. The van der Waals surface area contributed by atoms with Gasteiger partial charge in [0.05, 0.1) is 11.9 Å². The van der Waals surface area contributed by atoms with Gasteiger partial charge in [-0.25, -0.2) is 9.97 Å². The molecule has 1 saturated carbocycles. The average molecular weight is 291 g/mol. The summed E-state index contributed by atoms with van der Waals surface area (Å²) in [7, 11) is 0. The summed E-state index contributed by atoms with van der Waals surface area (Å²) in [6, 6.07) is 11.8. The molecule has 0 aliphatic heterocycles. The van der Waals surface area contributed by atoms with Gasteiger partial charge in [-0.05, 0) is 24.8 Å². The molecule has 110 valence electrons. The van der Waals surface area contributed by atoms with E-state index in [1.807, 2.05) is 53.5 Å². The number of anilines is 2. The molecule has 0 atom stereocenters. The highest BCUT2D eigenvalue weighted by molar-refractivity contribution is 5.59. The number of hydrogen-bond donors (Lipinski definition) is 1.